The topological polar surface area (TPSA) is 15.3 Å². The Kier molecular flexibility index (Phi) is 3.60. The smallest absolute Gasteiger partial charge is 0.0451 e. The van der Waals surface area contributed by atoms with Crippen molar-refractivity contribution in [2.75, 3.05) is 13.1 Å². The van der Waals surface area contributed by atoms with Crippen LogP contribution in [0, 0.1) is 5.92 Å². The molecule has 0 spiro atoms. The second kappa shape index (κ2) is 5.01. The molecule has 1 unspecified atom stereocenters. The second-order valence-corrected chi connectivity index (χ2v) is 7.72. The van der Waals surface area contributed by atoms with E-state index in [1.54, 1.807) is 0 Å². The van der Waals surface area contributed by atoms with Gasteiger partial charge in [-0.1, -0.05) is 29.8 Å². The summed E-state index contributed by atoms with van der Waals surface area (Å²) in [5, 5.41) is 4.62. The van der Waals surface area contributed by atoms with Crippen molar-refractivity contribution in [3.05, 3.63) is 34.9 Å². The molecule has 1 aliphatic carbocycles. The van der Waals surface area contributed by atoms with Gasteiger partial charge in [0, 0.05) is 35.7 Å². The van der Waals surface area contributed by atoms with Crippen LogP contribution in [0.15, 0.2) is 24.3 Å². The van der Waals surface area contributed by atoms with Gasteiger partial charge in [-0.2, -0.15) is 0 Å². The molecule has 0 amide bonds. The summed E-state index contributed by atoms with van der Waals surface area (Å²) in [5.41, 5.74) is 1.70. The summed E-state index contributed by atoms with van der Waals surface area (Å²) in [5.74, 6) is 0.841. The van der Waals surface area contributed by atoms with Gasteiger partial charge in [0.1, 0.15) is 0 Å². The fourth-order valence-electron chi connectivity index (χ4n) is 3.42. The van der Waals surface area contributed by atoms with Crippen LogP contribution in [0.2, 0.25) is 5.02 Å². The number of nitrogens with one attached hydrogen (secondary N) is 1. The van der Waals surface area contributed by atoms with Gasteiger partial charge in [0.05, 0.1) is 0 Å². The first-order chi connectivity index (χ1) is 9.41. The van der Waals surface area contributed by atoms with Gasteiger partial charge in [-0.3, -0.25) is 4.90 Å². The normalized spacial score (nSPS) is 30.4. The number of piperazine rings is 1. The Bertz CT molecular complexity index is 496. The summed E-state index contributed by atoms with van der Waals surface area (Å²) in [6.45, 7) is 10.1. The molecule has 110 valence electrons. The molecule has 1 saturated heterocycles. The molecule has 0 aromatic heterocycles. The Hall–Kier alpha value is -0.570. The monoisotopic (exact) mass is 292 g/mol. The second-order valence-electron chi connectivity index (χ2n) is 7.32. The molecular weight excluding hydrogens is 268 g/mol. The van der Waals surface area contributed by atoms with Crippen molar-refractivity contribution in [2.24, 2.45) is 5.92 Å². The zero-order valence-corrected chi connectivity index (χ0v) is 13.5. The Balaban J connectivity index is 1.85. The highest BCUT2D eigenvalue weighted by molar-refractivity contribution is 6.31. The van der Waals surface area contributed by atoms with E-state index >= 15 is 0 Å². The zero-order valence-electron chi connectivity index (χ0n) is 12.7. The molecule has 3 rings (SSSR count). The van der Waals surface area contributed by atoms with E-state index in [4.69, 9.17) is 11.6 Å². The maximum absolute atomic E-state index is 6.36. The third kappa shape index (κ3) is 2.74. The minimum Gasteiger partial charge on any atom is -0.309 e. The maximum atomic E-state index is 6.36. The molecule has 1 saturated carbocycles. The lowest BCUT2D eigenvalue weighted by Gasteiger charge is -2.52. The number of benzene rings is 1. The molecule has 1 atom stereocenters. The summed E-state index contributed by atoms with van der Waals surface area (Å²) >= 11 is 6.36. The minimum atomic E-state index is 0.176. The van der Waals surface area contributed by atoms with E-state index < -0.39 is 0 Å². The zero-order chi connectivity index (χ0) is 14.4. The number of hydrogen-bond acceptors (Lipinski definition) is 2. The van der Waals surface area contributed by atoms with Crippen LogP contribution >= 0.6 is 11.6 Å². The lowest BCUT2D eigenvalue weighted by Crippen LogP contribution is -2.67. The highest BCUT2D eigenvalue weighted by Crippen LogP contribution is 2.45. The van der Waals surface area contributed by atoms with Crippen LogP contribution in [-0.4, -0.2) is 29.1 Å². The summed E-state index contributed by atoms with van der Waals surface area (Å²) in [4.78, 5) is 2.66. The van der Waals surface area contributed by atoms with Crippen molar-refractivity contribution in [1.82, 2.24) is 10.2 Å². The fourth-order valence-corrected chi connectivity index (χ4v) is 3.62. The van der Waals surface area contributed by atoms with Crippen LogP contribution in [0.3, 0.4) is 0 Å². The molecule has 1 aromatic rings. The predicted octanol–water partition coefficient (Wildman–Crippen LogP) is 3.69. The number of hydrogen-bond donors (Lipinski definition) is 1. The van der Waals surface area contributed by atoms with Gasteiger partial charge in [0.2, 0.25) is 0 Å². The van der Waals surface area contributed by atoms with Gasteiger partial charge in [0.25, 0.3) is 0 Å². The van der Waals surface area contributed by atoms with Gasteiger partial charge in [-0.15, -0.1) is 0 Å². The van der Waals surface area contributed by atoms with Crippen molar-refractivity contribution in [3.8, 4) is 0 Å². The minimum absolute atomic E-state index is 0.176. The molecule has 2 fully saturated rings. The Morgan fingerprint density at radius 3 is 2.60 bits per heavy atom. The average Bonchev–Trinajstić information content (AvgIpc) is 3.21. The highest BCUT2D eigenvalue weighted by atomic mass is 35.5. The van der Waals surface area contributed by atoms with Gasteiger partial charge in [-0.25, -0.2) is 0 Å². The molecule has 1 aromatic carbocycles. The molecule has 1 aliphatic heterocycles. The maximum Gasteiger partial charge on any atom is 0.0451 e. The van der Waals surface area contributed by atoms with E-state index in [0.29, 0.717) is 0 Å². The van der Waals surface area contributed by atoms with Gasteiger partial charge in [0.15, 0.2) is 0 Å². The molecule has 1 N–H and O–H groups in total. The van der Waals surface area contributed by atoms with Gasteiger partial charge < -0.3 is 5.32 Å². The van der Waals surface area contributed by atoms with Crippen LogP contribution < -0.4 is 5.32 Å². The number of rotatable bonds is 3. The lowest BCUT2D eigenvalue weighted by atomic mass is 9.85. The highest BCUT2D eigenvalue weighted by Gasteiger charge is 2.49. The van der Waals surface area contributed by atoms with Gasteiger partial charge >= 0.3 is 0 Å². The van der Waals surface area contributed by atoms with Gasteiger partial charge in [-0.05, 0) is 51.2 Å². The summed E-state index contributed by atoms with van der Waals surface area (Å²) < 4.78 is 0. The van der Waals surface area contributed by atoms with Crippen molar-refractivity contribution in [2.45, 2.75) is 51.2 Å². The third-order valence-electron chi connectivity index (χ3n) is 5.01. The molecule has 20 heavy (non-hydrogen) atoms. The van der Waals surface area contributed by atoms with Crippen LogP contribution in [0.1, 0.15) is 39.2 Å². The Labute approximate surface area is 127 Å². The van der Waals surface area contributed by atoms with E-state index in [1.165, 1.54) is 18.4 Å². The number of nitrogens with zero attached hydrogens (tertiary/aromatic N) is 1. The molecule has 0 radical (unpaired) electrons. The first kappa shape index (κ1) is 14.4. The number of halogens is 1. The van der Waals surface area contributed by atoms with Crippen LogP contribution in [0.5, 0.6) is 0 Å². The van der Waals surface area contributed by atoms with Crippen molar-refractivity contribution < 1.29 is 0 Å². The summed E-state index contributed by atoms with van der Waals surface area (Å²) in [7, 11) is 0. The molecule has 0 bridgehead atoms. The molecular formula is C17H25ClN2. The average molecular weight is 293 g/mol. The lowest BCUT2D eigenvalue weighted by molar-refractivity contribution is 0.00522. The first-order valence-corrected chi connectivity index (χ1v) is 8.02. The van der Waals surface area contributed by atoms with E-state index in [0.717, 1.165) is 30.6 Å². The van der Waals surface area contributed by atoms with E-state index in [2.05, 4.69) is 43.1 Å². The van der Waals surface area contributed by atoms with Crippen LogP contribution in [0.4, 0.5) is 0 Å². The van der Waals surface area contributed by atoms with Crippen molar-refractivity contribution in [3.63, 3.8) is 0 Å². The fraction of sp³-hybridized carbons (Fsp3) is 0.647. The Morgan fingerprint density at radius 2 is 1.95 bits per heavy atom. The first-order valence-electron chi connectivity index (χ1n) is 7.64. The SMILES string of the molecule is CC1(C)CN(Cc2ccccc2Cl)C(C)(C2CC2)CN1. The Morgan fingerprint density at radius 1 is 1.25 bits per heavy atom. The molecule has 2 nitrogen and oxygen atoms in total. The predicted molar refractivity (Wildman–Crippen MR) is 85.1 cm³/mol. The summed E-state index contributed by atoms with van der Waals surface area (Å²) in [6, 6.07) is 8.25. The van der Waals surface area contributed by atoms with Crippen molar-refractivity contribution >= 4 is 11.6 Å². The largest absolute Gasteiger partial charge is 0.309 e. The van der Waals surface area contributed by atoms with E-state index in [-0.39, 0.29) is 11.1 Å². The molecule has 1 heterocycles. The molecule has 3 heteroatoms. The summed E-state index contributed by atoms with van der Waals surface area (Å²) in [6.07, 6.45) is 2.75. The molecule has 2 aliphatic rings. The quantitative estimate of drug-likeness (QED) is 0.914. The third-order valence-corrected chi connectivity index (χ3v) is 5.38. The van der Waals surface area contributed by atoms with E-state index in [1.807, 2.05) is 12.1 Å². The van der Waals surface area contributed by atoms with Crippen LogP contribution in [0.25, 0.3) is 0 Å². The van der Waals surface area contributed by atoms with Crippen molar-refractivity contribution in [1.29, 1.82) is 0 Å². The van der Waals surface area contributed by atoms with E-state index in [9.17, 15) is 0 Å². The standard InChI is InChI=1S/C17H25ClN2/c1-16(2)12-20(10-13-6-4-5-7-15(13)18)17(3,11-19-16)14-8-9-14/h4-7,14,19H,8-12H2,1-3H3. The van der Waals surface area contributed by atoms with Crippen LogP contribution in [-0.2, 0) is 6.54 Å².